The van der Waals surface area contributed by atoms with E-state index in [1.54, 1.807) is 12.1 Å². The van der Waals surface area contributed by atoms with E-state index >= 15 is 0 Å². The molecule has 9 nitrogen and oxygen atoms in total. The van der Waals surface area contributed by atoms with Gasteiger partial charge in [-0.1, -0.05) is 26.2 Å². The van der Waals surface area contributed by atoms with Crippen LogP contribution in [0, 0.1) is 11.8 Å². The van der Waals surface area contributed by atoms with Crippen molar-refractivity contribution < 1.29 is 24.5 Å². The van der Waals surface area contributed by atoms with E-state index in [1.165, 1.54) is 17.3 Å². The molecule has 1 aliphatic carbocycles. The maximum atomic E-state index is 12.5. The van der Waals surface area contributed by atoms with Crippen LogP contribution in [-0.4, -0.2) is 55.7 Å². The normalized spacial score (nSPS) is 29.2. The Kier molecular flexibility index (Phi) is 5.71. The first kappa shape index (κ1) is 20.1. The summed E-state index contributed by atoms with van der Waals surface area (Å²) in [5, 5.41) is 25.1. The van der Waals surface area contributed by atoms with Crippen LogP contribution in [0.4, 0.5) is 5.82 Å². The Bertz CT molecular complexity index is 866. The number of hydrogen-bond acceptors (Lipinski definition) is 8. The summed E-state index contributed by atoms with van der Waals surface area (Å²) >= 11 is 0. The number of aliphatic hydroxyl groups excluding tert-OH is 2. The molecule has 2 aromatic heterocycles. The van der Waals surface area contributed by atoms with Gasteiger partial charge in [0, 0.05) is 0 Å². The largest absolute Gasteiger partial charge is 0.463 e. The Balaban J connectivity index is 1.41. The van der Waals surface area contributed by atoms with Gasteiger partial charge in [0.15, 0.2) is 5.82 Å². The van der Waals surface area contributed by atoms with Crippen molar-refractivity contribution in [2.75, 3.05) is 12.3 Å². The molecule has 5 atom stereocenters. The molecule has 2 aliphatic rings. The van der Waals surface area contributed by atoms with Gasteiger partial charge in [-0.2, -0.15) is 5.10 Å². The van der Waals surface area contributed by atoms with Crippen molar-refractivity contribution in [2.24, 2.45) is 11.8 Å². The van der Waals surface area contributed by atoms with Crippen molar-refractivity contribution in [1.29, 1.82) is 0 Å². The molecule has 29 heavy (non-hydrogen) atoms. The molecule has 0 unspecified atom stereocenters. The average Bonchev–Trinajstić information content (AvgIpc) is 3.29. The van der Waals surface area contributed by atoms with Gasteiger partial charge in [-0.3, -0.25) is 4.79 Å². The highest BCUT2D eigenvalue weighted by molar-refractivity contribution is 5.72. The van der Waals surface area contributed by atoms with Crippen molar-refractivity contribution in [3.05, 3.63) is 24.2 Å². The smallest absolute Gasteiger partial charge is 0.309 e. The molecule has 0 aromatic carbocycles. The van der Waals surface area contributed by atoms with Crippen LogP contribution >= 0.6 is 0 Å². The van der Waals surface area contributed by atoms with Crippen molar-refractivity contribution in [3.63, 3.8) is 0 Å². The lowest BCUT2D eigenvalue weighted by atomic mass is 9.81. The van der Waals surface area contributed by atoms with Crippen molar-refractivity contribution in [3.8, 4) is 0 Å². The van der Waals surface area contributed by atoms with Gasteiger partial charge in [0.1, 0.15) is 42.9 Å². The number of rotatable bonds is 5. The summed E-state index contributed by atoms with van der Waals surface area (Å²) in [6.45, 7) is 1.80. The van der Waals surface area contributed by atoms with Crippen LogP contribution < -0.4 is 5.73 Å². The molecule has 0 amide bonds. The Morgan fingerprint density at radius 1 is 1.31 bits per heavy atom. The molecule has 9 heteroatoms. The van der Waals surface area contributed by atoms with Gasteiger partial charge in [0.25, 0.3) is 0 Å². The summed E-state index contributed by atoms with van der Waals surface area (Å²) in [5.74, 6) is 0.200. The lowest BCUT2D eigenvalue weighted by molar-refractivity contribution is -0.155. The Hall–Kier alpha value is -2.23. The third kappa shape index (κ3) is 3.82. The zero-order chi connectivity index (χ0) is 20.5. The van der Waals surface area contributed by atoms with Crippen molar-refractivity contribution >= 4 is 17.3 Å². The molecule has 1 saturated heterocycles. The number of esters is 1. The lowest BCUT2D eigenvalue weighted by Gasteiger charge is -2.26. The predicted molar refractivity (Wildman–Crippen MR) is 104 cm³/mol. The summed E-state index contributed by atoms with van der Waals surface area (Å²) in [7, 11) is 0. The first-order chi connectivity index (χ1) is 14.0. The summed E-state index contributed by atoms with van der Waals surface area (Å²) in [4.78, 5) is 16.4. The van der Waals surface area contributed by atoms with Gasteiger partial charge >= 0.3 is 5.97 Å². The van der Waals surface area contributed by atoms with E-state index in [9.17, 15) is 15.0 Å². The number of aliphatic hydroxyl groups is 2. The third-order valence-corrected chi connectivity index (χ3v) is 6.28. The Morgan fingerprint density at radius 2 is 2.07 bits per heavy atom. The first-order valence-corrected chi connectivity index (χ1v) is 10.2. The summed E-state index contributed by atoms with van der Waals surface area (Å²) in [6, 6.07) is 3.45. The van der Waals surface area contributed by atoms with Crippen LogP contribution in [-0.2, 0) is 14.3 Å². The van der Waals surface area contributed by atoms with Gasteiger partial charge in [-0.15, -0.1) is 0 Å². The van der Waals surface area contributed by atoms with Gasteiger partial charge in [-0.05, 0) is 30.9 Å². The van der Waals surface area contributed by atoms with Crippen molar-refractivity contribution in [1.82, 2.24) is 14.6 Å². The van der Waals surface area contributed by atoms with E-state index in [-0.39, 0.29) is 18.5 Å². The zero-order valence-corrected chi connectivity index (χ0v) is 16.5. The monoisotopic (exact) mass is 404 g/mol. The van der Waals surface area contributed by atoms with Crippen molar-refractivity contribution in [2.45, 2.75) is 63.4 Å². The molecule has 1 saturated carbocycles. The SMILES string of the molecule is C[C@@H](C(=O)OC[C@H]1O[C@@H](c2ccc3c(N)ncnn23)[C@H](O)[C@@H]1O)C1CCCCC1. The van der Waals surface area contributed by atoms with E-state index in [1.807, 2.05) is 6.92 Å². The number of carbonyl (C=O) groups is 1. The first-order valence-electron chi connectivity index (χ1n) is 10.2. The third-order valence-electron chi connectivity index (χ3n) is 6.28. The second kappa shape index (κ2) is 8.25. The van der Waals surface area contributed by atoms with Crippen LogP contribution in [0.15, 0.2) is 18.5 Å². The molecule has 4 N–H and O–H groups in total. The number of hydrogen-bond donors (Lipinski definition) is 3. The highest BCUT2D eigenvalue weighted by Crippen LogP contribution is 2.35. The van der Waals surface area contributed by atoms with E-state index in [4.69, 9.17) is 15.2 Å². The van der Waals surface area contributed by atoms with Crippen LogP contribution in [0.5, 0.6) is 0 Å². The number of ether oxygens (including phenoxy) is 2. The number of nitrogens with zero attached hydrogens (tertiary/aromatic N) is 3. The summed E-state index contributed by atoms with van der Waals surface area (Å²) < 4.78 is 12.8. The van der Waals surface area contributed by atoms with Crippen LogP contribution in [0.2, 0.25) is 0 Å². The van der Waals surface area contributed by atoms with Gasteiger partial charge in [0.2, 0.25) is 0 Å². The zero-order valence-electron chi connectivity index (χ0n) is 16.5. The molecule has 1 aliphatic heterocycles. The van der Waals surface area contributed by atoms with E-state index in [2.05, 4.69) is 10.1 Å². The maximum Gasteiger partial charge on any atom is 0.309 e. The molecular formula is C20H28N4O5. The molecule has 0 spiro atoms. The molecule has 0 bridgehead atoms. The van der Waals surface area contributed by atoms with Gasteiger partial charge < -0.3 is 25.4 Å². The predicted octanol–water partition coefficient (Wildman–Crippen LogP) is 1.23. The van der Waals surface area contributed by atoms with Gasteiger partial charge in [0.05, 0.1) is 11.6 Å². The second-order valence-electron chi connectivity index (χ2n) is 8.09. The van der Waals surface area contributed by atoms with E-state index in [0.29, 0.717) is 22.9 Å². The quantitative estimate of drug-likeness (QED) is 0.634. The topological polar surface area (TPSA) is 132 Å². The highest BCUT2D eigenvalue weighted by Gasteiger charge is 2.45. The molecule has 3 heterocycles. The summed E-state index contributed by atoms with van der Waals surface area (Å²) in [6.07, 6.45) is 2.95. The molecule has 2 fully saturated rings. The molecular weight excluding hydrogens is 376 g/mol. The average molecular weight is 404 g/mol. The Labute approximate surface area is 168 Å². The number of carbonyl (C=O) groups excluding carboxylic acids is 1. The van der Waals surface area contributed by atoms with E-state index in [0.717, 1.165) is 25.7 Å². The number of anilines is 1. The van der Waals surface area contributed by atoms with Crippen LogP contribution in [0.1, 0.15) is 50.8 Å². The fourth-order valence-corrected chi connectivity index (χ4v) is 4.44. The van der Waals surface area contributed by atoms with Gasteiger partial charge in [-0.25, -0.2) is 9.50 Å². The molecule has 2 aromatic rings. The fraction of sp³-hybridized carbons (Fsp3) is 0.650. The number of aromatic nitrogens is 3. The number of nitrogen functional groups attached to an aromatic ring is 1. The number of nitrogens with two attached hydrogens (primary N) is 1. The lowest BCUT2D eigenvalue weighted by Crippen LogP contribution is -2.35. The fourth-order valence-electron chi connectivity index (χ4n) is 4.44. The standard InChI is InChI=1S/C20H28N4O5/c1-11(12-5-3-2-4-6-12)20(27)28-9-15-16(25)17(26)18(29-15)13-7-8-14-19(21)22-10-23-24(13)14/h7-8,10-12,15-18,25-26H,2-6,9H2,1H3,(H2,21,22,23)/t11-,15-,16-,17-,18+/m1/s1. The van der Waals surface area contributed by atoms with Crippen LogP contribution in [0.3, 0.4) is 0 Å². The van der Waals surface area contributed by atoms with Crippen LogP contribution in [0.25, 0.3) is 5.52 Å². The Morgan fingerprint density at radius 3 is 2.83 bits per heavy atom. The van der Waals surface area contributed by atoms with E-state index < -0.39 is 24.4 Å². The maximum absolute atomic E-state index is 12.5. The minimum Gasteiger partial charge on any atom is -0.463 e. The second-order valence-corrected chi connectivity index (χ2v) is 8.09. The molecule has 4 rings (SSSR count). The molecule has 0 radical (unpaired) electrons. The minimum absolute atomic E-state index is 0.106. The minimum atomic E-state index is -1.18. The summed E-state index contributed by atoms with van der Waals surface area (Å²) in [5.41, 5.74) is 6.98. The molecule has 158 valence electrons. The highest BCUT2D eigenvalue weighted by atomic mass is 16.6. The number of fused-ring (bicyclic) bond motifs is 1.